The van der Waals surface area contributed by atoms with Crippen molar-refractivity contribution < 1.29 is 18.3 Å². The van der Waals surface area contributed by atoms with E-state index in [-0.39, 0.29) is 17.5 Å². The fraction of sp³-hybridized carbons (Fsp3) is 0.600. The van der Waals surface area contributed by atoms with Gasteiger partial charge < -0.3 is 14.7 Å². The van der Waals surface area contributed by atoms with Crippen LogP contribution in [0.3, 0.4) is 0 Å². The van der Waals surface area contributed by atoms with E-state index in [9.17, 15) is 13.5 Å². The van der Waals surface area contributed by atoms with E-state index in [4.69, 9.17) is 4.74 Å². The smallest absolute Gasteiger partial charge is 0.154 e. The lowest BCUT2D eigenvalue weighted by Gasteiger charge is -2.39. The number of piperazine rings is 1. The zero-order valence-corrected chi connectivity index (χ0v) is 13.5. The number of hydrogen-bond acceptors (Lipinski definition) is 6. The maximum atomic E-state index is 11.6. The maximum absolute atomic E-state index is 11.6. The molecule has 2 atom stereocenters. The van der Waals surface area contributed by atoms with Crippen molar-refractivity contribution >= 4 is 15.5 Å². The van der Waals surface area contributed by atoms with Gasteiger partial charge in [0.25, 0.3) is 0 Å². The Morgan fingerprint density at radius 3 is 2.23 bits per heavy atom. The summed E-state index contributed by atoms with van der Waals surface area (Å²) >= 11 is 0. The molecule has 1 aromatic carbocycles. The standard InChI is InChI=1S/C15H22N2O4S/c1-21-13-4-2-12(3-5-13)16-6-8-17(9-7-16)14-10-22(19,20)11-15(14)18/h2-5,14-15,18H,6-11H2,1H3/t14-,15-/m1/s1. The summed E-state index contributed by atoms with van der Waals surface area (Å²) in [6.45, 7) is 3.19. The van der Waals surface area contributed by atoms with Crippen LogP contribution in [0.1, 0.15) is 0 Å². The van der Waals surface area contributed by atoms with Crippen LogP contribution in [0.15, 0.2) is 24.3 Å². The van der Waals surface area contributed by atoms with E-state index in [1.165, 1.54) is 0 Å². The third-order valence-corrected chi connectivity index (χ3v) is 6.21. The van der Waals surface area contributed by atoms with Crippen molar-refractivity contribution in [1.82, 2.24) is 4.90 Å². The molecule has 0 saturated carbocycles. The number of aliphatic hydroxyl groups excluding tert-OH is 1. The second kappa shape index (κ2) is 6.06. The minimum Gasteiger partial charge on any atom is -0.497 e. The molecule has 2 aliphatic rings. The normalized spacial score (nSPS) is 28.7. The van der Waals surface area contributed by atoms with Crippen molar-refractivity contribution in [3.8, 4) is 5.75 Å². The molecule has 0 spiro atoms. The molecule has 3 rings (SSSR count). The molecule has 2 aliphatic heterocycles. The Morgan fingerprint density at radius 2 is 1.73 bits per heavy atom. The number of hydrogen-bond donors (Lipinski definition) is 1. The van der Waals surface area contributed by atoms with Gasteiger partial charge in [0, 0.05) is 31.9 Å². The third-order valence-electron chi connectivity index (χ3n) is 4.51. The highest BCUT2D eigenvalue weighted by Crippen LogP contribution is 2.23. The summed E-state index contributed by atoms with van der Waals surface area (Å²) < 4.78 is 28.4. The van der Waals surface area contributed by atoms with Gasteiger partial charge >= 0.3 is 0 Å². The van der Waals surface area contributed by atoms with E-state index >= 15 is 0 Å². The zero-order chi connectivity index (χ0) is 15.7. The van der Waals surface area contributed by atoms with E-state index in [2.05, 4.69) is 9.80 Å². The second-order valence-electron chi connectivity index (χ2n) is 5.93. The molecule has 7 heteroatoms. The molecule has 6 nitrogen and oxygen atoms in total. The first-order chi connectivity index (χ1) is 10.5. The molecule has 2 saturated heterocycles. The van der Waals surface area contributed by atoms with Crippen LogP contribution >= 0.6 is 0 Å². The van der Waals surface area contributed by atoms with Gasteiger partial charge in [-0.15, -0.1) is 0 Å². The number of anilines is 1. The van der Waals surface area contributed by atoms with Crippen LogP contribution in [0.25, 0.3) is 0 Å². The minimum absolute atomic E-state index is 0.0801. The first-order valence-electron chi connectivity index (χ1n) is 7.50. The molecule has 1 aromatic rings. The lowest BCUT2D eigenvalue weighted by molar-refractivity contribution is 0.0793. The van der Waals surface area contributed by atoms with Gasteiger partial charge in [0.1, 0.15) is 5.75 Å². The van der Waals surface area contributed by atoms with E-state index in [1.54, 1.807) is 7.11 Å². The van der Waals surface area contributed by atoms with Gasteiger partial charge in [-0.1, -0.05) is 0 Å². The van der Waals surface area contributed by atoms with E-state index in [0.29, 0.717) is 0 Å². The highest BCUT2D eigenvalue weighted by molar-refractivity contribution is 7.91. The van der Waals surface area contributed by atoms with Crippen molar-refractivity contribution in [2.45, 2.75) is 12.1 Å². The third kappa shape index (κ3) is 3.21. The molecule has 2 heterocycles. The number of ether oxygens (including phenoxy) is 1. The molecule has 2 fully saturated rings. The van der Waals surface area contributed by atoms with Gasteiger partial charge in [0.2, 0.25) is 0 Å². The van der Waals surface area contributed by atoms with Crippen LogP contribution in [0, 0.1) is 0 Å². The molecule has 0 aliphatic carbocycles. The topological polar surface area (TPSA) is 70.1 Å². The van der Waals surface area contributed by atoms with Crippen LogP contribution in [0.5, 0.6) is 5.75 Å². The Labute approximate surface area is 131 Å². The number of aliphatic hydroxyl groups is 1. The van der Waals surface area contributed by atoms with Crippen molar-refractivity contribution in [1.29, 1.82) is 0 Å². The van der Waals surface area contributed by atoms with E-state index < -0.39 is 15.9 Å². The molecule has 22 heavy (non-hydrogen) atoms. The number of sulfone groups is 1. The summed E-state index contributed by atoms with van der Waals surface area (Å²) in [4.78, 5) is 4.38. The molecule has 0 aromatic heterocycles. The molecule has 122 valence electrons. The Hall–Kier alpha value is -1.31. The van der Waals surface area contributed by atoms with Crippen LogP contribution in [0.2, 0.25) is 0 Å². The predicted molar refractivity (Wildman–Crippen MR) is 85.2 cm³/mol. The molecule has 0 unspecified atom stereocenters. The van der Waals surface area contributed by atoms with Crippen molar-refractivity contribution in [2.24, 2.45) is 0 Å². The van der Waals surface area contributed by atoms with Gasteiger partial charge in [-0.2, -0.15) is 0 Å². The average Bonchev–Trinajstić information content (AvgIpc) is 2.80. The summed E-state index contributed by atoms with van der Waals surface area (Å²) in [6.07, 6.45) is -0.752. The molecular formula is C15H22N2O4S. The van der Waals surface area contributed by atoms with Crippen LogP contribution < -0.4 is 9.64 Å². The summed E-state index contributed by atoms with van der Waals surface area (Å²) in [5, 5.41) is 9.97. The summed E-state index contributed by atoms with van der Waals surface area (Å²) in [7, 11) is -1.44. The fourth-order valence-corrected chi connectivity index (χ4v) is 5.10. The molecule has 0 radical (unpaired) electrons. The van der Waals surface area contributed by atoms with Gasteiger partial charge in [-0.25, -0.2) is 8.42 Å². The lowest BCUT2D eigenvalue weighted by Crippen LogP contribution is -2.53. The monoisotopic (exact) mass is 326 g/mol. The molecule has 0 amide bonds. The van der Waals surface area contributed by atoms with Crippen molar-refractivity contribution in [2.75, 3.05) is 49.7 Å². The quantitative estimate of drug-likeness (QED) is 0.842. The lowest BCUT2D eigenvalue weighted by atomic mass is 10.1. The first kappa shape index (κ1) is 15.6. The van der Waals surface area contributed by atoms with Crippen molar-refractivity contribution in [3.63, 3.8) is 0 Å². The van der Waals surface area contributed by atoms with E-state index in [0.717, 1.165) is 37.6 Å². The first-order valence-corrected chi connectivity index (χ1v) is 9.32. The highest BCUT2D eigenvalue weighted by atomic mass is 32.2. The summed E-state index contributed by atoms with van der Waals surface area (Å²) in [5.74, 6) is 0.814. The minimum atomic E-state index is -3.09. The van der Waals surface area contributed by atoms with E-state index in [1.807, 2.05) is 24.3 Å². The summed E-state index contributed by atoms with van der Waals surface area (Å²) in [6, 6.07) is 7.69. The Balaban J connectivity index is 1.60. The fourth-order valence-electron chi connectivity index (χ4n) is 3.26. The Bertz CT molecular complexity index is 609. The number of rotatable bonds is 3. The van der Waals surface area contributed by atoms with Gasteiger partial charge in [0.05, 0.1) is 30.8 Å². The van der Waals surface area contributed by atoms with Crippen LogP contribution in [0.4, 0.5) is 5.69 Å². The highest BCUT2D eigenvalue weighted by Gasteiger charge is 2.40. The predicted octanol–water partition coefficient (Wildman–Crippen LogP) is -0.0249. The SMILES string of the molecule is COc1ccc(N2CCN([C@@H]3CS(=O)(=O)C[C@H]3O)CC2)cc1. The molecular weight excluding hydrogens is 304 g/mol. The maximum Gasteiger partial charge on any atom is 0.154 e. The van der Waals surface area contributed by atoms with Gasteiger partial charge in [-0.3, -0.25) is 4.90 Å². The van der Waals surface area contributed by atoms with Gasteiger partial charge in [0.15, 0.2) is 9.84 Å². The number of benzene rings is 1. The molecule has 1 N–H and O–H groups in total. The largest absolute Gasteiger partial charge is 0.497 e. The van der Waals surface area contributed by atoms with Crippen LogP contribution in [-0.4, -0.2) is 75.4 Å². The Morgan fingerprint density at radius 1 is 1.09 bits per heavy atom. The number of nitrogens with zero attached hydrogens (tertiary/aromatic N) is 2. The number of methoxy groups -OCH3 is 1. The van der Waals surface area contributed by atoms with Gasteiger partial charge in [-0.05, 0) is 24.3 Å². The summed E-state index contributed by atoms with van der Waals surface area (Å²) in [5.41, 5.74) is 1.14. The van der Waals surface area contributed by atoms with Crippen LogP contribution in [-0.2, 0) is 9.84 Å². The zero-order valence-electron chi connectivity index (χ0n) is 12.7. The second-order valence-corrected chi connectivity index (χ2v) is 8.09. The average molecular weight is 326 g/mol. The molecule has 0 bridgehead atoms. The Kier molecular flexibility index (Phi) is 4.29. The van der Waals surface area contributed by atoms with Crippen molar-refractivity contribution in [3.05, 3.63) is 24.3 Å².